The van der Waals surface area contributed by atoms with Gasteiger partial charge in [0.15, 0.2) is 0 Å². The zero-order valence-electron chi connectivity index (χ0n) is 21.1. The molecule has 1 aromatic carbocycles. The van der Waals surface area contributed by atoms with Crippen LogP contribution >= 0.6 is 0 Å². The molecule has 3 aromatic rings. The molecule has 0 unspecified atom stereocenters. The molecule has 0 aliphatic heterocycles. The standard InChI is InChI=1S/C26H26F4N4O3/c1-13-7-10-19(31-12-13)25(4,5)33-24(37)22(35)20-14(2)21(34(6)15(20)3)23(36)32-16-8-9-18(27)17(11-16)26(28,29)30/h7-12H,1-6H3,(H,32,36)(H,33,37). The number of carbonyl (C=O) groups excluding carboxylic acids is 3. The number of Topliss-reactive ketones (excluding diaryl/α,β-unsaturated/α-hetero) is 1. The van der Waals surface area contributed by atoms with Gasteiger partial charge in [0.1, 0.15) is 11.5 Å². The maximum atomic E-state index is 13.6. The first-order chi connectivity index (χ1) is 17.0. The van der Waals surface area contributed by atoms with E-state index < -0.39 is 40.7 Å². The Hall–Kier alpha value is -4.02. The number of pyridine rings is 1. The summed E-state index contributed by atoms with van der Waals surface area (Å²) < 4.78 is 54.1. The fourth-order valence-corrected chi connectivity index (χ4v) is 4.00. The van der Waals surface area contributed by atoms with Gasteiger partial charge >= 0.3 is 6.18 Å². The molecule has 0 aliphatic carbocycles. The number of nitrogens with one attached hydrogen (secondary N) is 2. The van der Waals surface area contributed by atoms with Crippen molar-refractivity contribution in [3.63, 3.8) is 0 Å². The number of ketones is 1. The molecule has 2 N–H and O–H groups in total. The first-order valence-corrected chi connectivity index (χ1v) is 11.2. The van der Waals surface area contributed by atoms with E-state index in [4.69, 9.17) is 0 Å². The predicted molar refractivity (Wildman–Crippen MR) is 129 cm³/mol. The van der Waals surface area contributed by atoms with Gasteiger partial charge in [0.2, 0.25) is 0 Å². The Bertz CT molecular complexity index is 1390. The monoisotopic (exact) mass is 518 g/mol. The molecule has 0 saturated carbocycles. The van der Waals surface area contributed by atoms with E-state index in [-0.39, 0.29) is 22.5 Å². The van der Waals surface area contributed by atoms with Crippen molar-refractivity contribution in [2.24, 2.45) is 7.05 Å². The Morgan fingerprint density at radius 1 is 1.00 bits per heavy atom. The minimum Gasteiger partial charge on any atom is -0.343 e. The average Bonchev–Trinajstić information content (AvgIpc) is 3.01. The molecule has 196 valence electrons. The maximum Gasteiger partial charge on any atom is 0.419 e. The molecule has 0 fully saturated rings. The van der Waals surface area contributed by atoms with Crippen LogP contribution in [0.3, 0.4) is 0 Å². The highest BCUT2D eigenvalue weighted by atomic mass is 19.4. The van der Waals surface area contributed by atoms with Gasteiger partial charge < -0.3 is 15.2 Å². The van der Waals surface area contributed by atoms with Crippen molar-refractivity contribution in [3.05, 3.63) is 81.7 Å². The van der Waals surface area contributed by atoms with Crippen molar-refractivity contribution < 1.29 is 31.9 Å². The fraction of sp³-hybridized carbons (Fsp3) is 0.308. The Labute approximate surface area is 210 Å². The lowest BCUT2D eigenvalue weighted by molar-refractivity contribution is -0.140. The molecular weight excluding hydrogens is 492 g/mol. The summed E-state index contributed by atoms with van der Waals surface area (Å²) in [6, 6.07) is 5.65. The number of hydrogen-bond donors (Lipinski definition) is 2. The molecule has 2 aromatic heterocycles. The summed E-state index contributed by atoms with van der Waals surface area (Å²) in [4.78, 5) is 43.3. The van der Waals surface area contributed by atoms with E-state index in [0.29, 0.717) is 23.5 Å². The number of halogens is 4. The van der Waals surface area contributed by atoms with Crippen molar-refractivity contribution in [2.45, 2.75) is 46.3 Å². The molecule has 2 amide bonds. The van der Waals surface area contributed by atoms with Crippen molar-refractivity contribution >= 4 is 23.3 Å². The van der Waals surface area contributed by atoms with E-state index in [0.717, 1.165) is 11.6 Å². The second kappa shape index (κ2) is 9.79. The van der Waals surface area contributed by atoms with Crippen molar-refractivity contribution in [1.82, 2.24) is 14.9 Å². The Kier molecular flexibility index (Phi) is 7.30. The van der Waals surface area contributed by atoms with Crippen LogP contribution in [0.1, 0.15) is 62.8 Å². The number of anilines is 1. The molecular formula is C26H26F4N4O3. The summed E-state index contributed by atoms with van der Waals surface area (Å²) >= 11 is 0. The highest BCUT2D eigenvalue weighted by molar-refractivity contribution is 6.43. The van der Waals surface area contributed by atoms with E-state index in [1.165, 1.54) is 25.5 Å². The van der Waals surface area contributed by atoms with Gasteiger partial charge in [-0.25, -0.2) is 4.39 Å². The van der Waals surface area contributed by atoms with Gasteiger partial charge in [-0.2, -0.15) is 13.2 Å². The third-order valence-corrected chi connectivity index (χ3v) is 6.09. The molecule has 2 heterocycles. The maximum absolute atomic E-state index is 13.6. The first kappa shape index (κ1) is 27.6. The van der Waals surface area contributed by atoms with Gasteiger partial charge in [0.25, 0.3) is 17.6 Å². The minimum absolute atomic E-state index is 0.00657. The molecule has 3 rings (SSSR count). The predicted octanol–water partition coefficient (Wildman–Crippen LogP) is 4.99. The average molecular weight is 519 g/mol. The fourth-order valence-electron chi connectivity index (χ4n) is 4.00. The molecule has 7 nitrogen and oxygen atoms in total. The van der Waals surface area contributed by atoms with E-state index in [1.54, 1.807) is 26.1 Å². The van der Waals surface area contributed by atoms with Crippen LogP contribution in [0.5, 0.6) is 0 Å². The van der Waals surface area contributed by atoms with Crippen LogP contribution in [0.25, 0.3) is 0 Å². The number of hydrogen-bond acceptors (Lipinski definition) is 4. The molecule has 37 heavy (non-hydrogen) atoms. The van der Waals surface area contributed by atoms with Crippen LogP contribution in [0.2, 0.25) is 0 Å². The van der Waals surface area contributed by atoms with Crippen LogP contribution in [-0.4, -0.2) is 27.1 Å². The molecule has 0 atom stereocenters. The summed E-state index contributed by atoms with van der Waals surface area (Å²) in [5, 5.41) is 4.97. The first-order valence-electron chi connectivity index (χ1n) is 11.2. The second-order valence-electron chi connectivity index (χ2n) is 9.27. The van der Waals surface area contributed by atoms with Crippen molar-refractivity contribution in [2.75, 3.05) is 5.32 Å². The smallest absolute Gasteiger partial charge is 0.343 e. The van der Waals surface area contributed by atoms with Gasteiger partial charge in [-0.1, -0.05) is 6.07 Å². The lowest BCUT2D eigenvalue weighted by atomic mass is 9.97. The minimum atomic E-state index is -4.95. The normalized spacial score (nSPS) is 11.8. The van der Waals surface area contributed by atoms with Gasteiger partial charge in [-0.05, 0) is 70.0 Å². The lowest BCUT2D eigenvalue weighted by Crippen LogP contribution is -2.45. The van der Waals surface area contributed by atoms with Gasteiger partial charge in [-0.3, -0.25) is 19.4 Å². The molecule has 11 heteroatoms. The van der Waals surface area contributed by atoms with E-state index >= 15 is 0 Å². The third-order valence-electron chi connectivity index (χ3n) is 6.09. The molecule has 0 saturated heterocycles. The second-order valence-corrected chi connectivity index (χ2v) is 9.27. The topological polar surface area (TPSA) is 93.1 Å². The van der Waals surface area contributed by atoms with Crippen LogP contribution < -0.4 is 10.6 Å². The third kappa shape index (κ3) is 5.55. The SMILES string of the molecule is Cc1ccc(C(C)(C)NC(=O)C(=O)c2c(C)c(C(=O)Nc3ccc(F)c(C(F)(F)F)c3)n(C)c2C)nc1. The zero-order chi connectivity index (χ0) is 27.9. The van der Waals surface area contributed by atoms with E-state index in [9.17, 15) is 31.9 Å². The summed E-state index contributed by atoms with van der Waals surface area (Å²) in [5.41, 5.74) is -0.879. The highest BCUT2D eigenvalue weighted by Crippen LogP contribution is 2.33. The van der Waals surface area contributed by atoms with Crippen molar-refractivity contribution in [3.8, 4) is 0 Å². The molecule has 0 radical (unpaired) electrons. The van der Waals surface area contributed by atoms with Gasteiger partial charge in [-0.15, -0.1) is 0 Å². The van der Waals surface area contributed by atoms with Gasteiger partial charge in [0, 0.05) is 24.6 Å². The number of carbonyl (C=O) groups is 3. The summed E-state index contributed by atoms with van der Waals surface area (Å²) in [6.45, 7) is 8.25. The highest BCUT2D eigenvalue weighted by Gasteiger charge is 2.35. The Balaban J connectivity index is 1.88. The number of rotatable bonds is 6. The van der Waals surface area contributed by atoms with E-state index in [1.807, 2.05) is 13.0 Å². The number of nitrogens with zero attached hydrogens (tertiary/aromatic N) is 2. The number of aromatic nitrogens is 2. The lowest BCUT2D eigenvalue weighted by Gasteiger charge is -2.25. The summed E-state index contributed by atoms with van der Waals surface area (Å²) in [7, 11) is 1.48. The van der Waals surface area contributed by atoms with Gasteiger partial charge in [0.05, 0.1) is 22.4 Å². The zero-order valence-corrected chi connectivity index (χ0v) is 21.1. The quantitative estimate of drug-likeness (QED) is 0.273. The Morgan fingerprint density at radius 2 is 1.65 bits per heavy atom. The van der Waals surface area contributed by atoms with Crippen molar-refractivity contribution in [1.29, 1.82) is 0 Å². The van der Waals surface area contributed by atoms with Crippen LogP contribution in [0.4, 0.5) is 23.2 Å². The molecule has 0 spiro atoms. The summed E-state index contributed by atoms with van der Waals surface area (Å²) in [6.07, 6.45) is -3.31. The number of aryl methyl sites for hydroxylation is 1. The van der Waals surface area contributed by atoms with Crippen LogP contribution in [-0.2, 0) is 23.6 Å². The van der Waals surface area contributed by atoms with Crippen LogP contribution in [0.15, 0.2) is 36.5 Å². The number of alkyl halides is 3. The van der Waals surface area contributed by atoms with E-state index in [2.05, 4.69) is 15.6 Å². The largest absolute Gasteiger partial charge is 0.419 e. The number of benzene rings is 1. The Morgan fingerprint density at radius 3 is 2.22 bits per heavy atom. The van der Waals surface area contributed by atoms with Crippen LogP contribution in [0, 0.1) is 26.6 Å². The summed E-state index contributed by atoms with van der Waals surface area (Å²) in [5.74, 6) is -4.10. The number of amides is 2. The molecule has 0 aliphatic rings. The molecule has 0 bridgehead atoms.